The Kier molecular flexibility index (Phi) is 4.86. The topological polar surface area (TPSA) is 32.6 Å². The summed E-state index contributed by atoms with van der Waals surface area (Å²) in [5, 5.41) is 11.8. The maximum absolute atomic E-state index is 13.7. The van der Waals surface area contributed by atoms with E-state index in [2.05, 4.69) is 41.8 Å². The lowest BCUT2D eigenvalue weighted by molar-refractivity contribution is 0.321. The van der Waals surface area contributed by atoms with Gasteiger partial charge in [-0.1, -0.05) is 18.2 Å². The normalized spacial score (nSPS) is 15.5. The standard InChI is InChI=1S/C20H18FNOS/c1-13-17(9-10-22-23)20-12-15(21)5-8-18(20)19(13)11-14-3-6-16(24-2)7-4-14/h3-8,10-12,23H,9H2,1-2H3. The van der Waals surface area contributed by atoms with E-state index >= 15 is 0 Å². The van der Waals surface area contributed by atoms with Crippen LogP contribution in [0.15, 0.2) is 58.1 Å². The van der Waals surface area contributed by atoms with Gasteiger partial charge in [0.25, 0.3) is 0 Å². The van der Waals surface area contributed by atoms with Gasteiger partial charge in [-0.25, -0.2) is 4.39 Å². The van der Waals surface area contributed by atoms with Gasteiger partial charge in [0, 0.05) is 17.5 Å². The van der Waals surface area contributed by atoms with E-state index in [9.17, 15) is 4.39 Å². The lowest BCUT2D eigenvalue weighted by Gasteiger charge is -2.05. The maximum Gasteiger partial charge on any atom is 0.123 e. The summed E-state index contributed by atoms with van der Waals surface area (Å²) in [4.78, 5) is 1.22. The van der Waals surface area contributed by atoms with Crippen LogP contribution in [0.5, 0.6) is 0 Å². The summed E-state index contributed by atoms with van der Waals surface area (Å²) in [5.41, 5.74) is 6.17. The third kappa shape index (κ3) is 3.15. The molecule has 1 aliphatic rings. The Bertz CT molecular complexity index is 850. The molecular formula is C20H18FNOS. The molecule has 122 valence electrons. The number of nitrogens with zero attached hydrogens (tertiary/aromatic N) is 1. The summed E-state index contributed by atoms with van der Waals surface area (Å²) in [7, 11) is 0. The molecular weight excluding hydrogens is 321 g/mol. The molecule has 0 unspecified atom stereocenters. The van der Waals surface area contributed by atoms with Crippen molar-refractivity contribution in [1.29, 1.82) is 0 Å². The zero-order valence-electron chi connectivity index (χ0n) is 13.6. The lowest BCUT2D eigenvalue weighted by atomic mass is 10.0. The van der Waals surface area contributed by atoms with E-state index in [0.717, 1.165) is 33.4 Å². The van der Waals surface area contributed by atoms with Gasteiger partial charge < -0.3 is 5.21 Å². The van der Waals surface area contributed by atoms with Crippen molar-refractivity contribution in [1.82, 2.24) is 0 Å². The molecule has 0 heterocycles. The molecule has 0 spiro atoms. The van der Waals surface area contributed by atoms with Gasteiger partial charge >= 0.3 is 0 Å². The van der Waals surface area contributed by atoms with Gasteiger partial charge in [-0.2, -0.15) is 0 Å². The first kappa shape index (κ1) is 16.5. The van der Waals surface area contributed by atoms with Crippen LogP contribution < -0.4 is 0 Å². The van der Waals surface area contributed by atoms with E-state index in [1.807, 2.05) is 13.0 Å². The molecule has 0 aromatic heterocycles. The predicted octanol–water partition coefficient (Wildman–Crippen LogP) is 5.73. The second kappa shape index (κ2) is 7.05. The second-order valence-corrected chi connectivity index (χ2v) is 6.51. The summed E-state index contributed by atoms with van der Waals surface area (Å²) in [6.45, 7) is 2.03. The monoisotopic (exact) mass is 339 g/mol. The number of oxime groups is 1. The highest BCUT2D eigenvalue weighted by molar-refractivity contribution is 7.98. The van der Waals surface area contributed by atoms with Crippen LogP contribution in [-0.4, -0.2) is 17.7 Å². The Morgan fingerprint density at radius 1 is 1.12 bits per heavy atom. The average Bonchev–Trinajstić information content (AvgIpc) is 2.85. The number of benzene rings is 2. The quantitative estimate of drug-likeness (QED) is 0.334. The molecule has 0 amide bonds. The Labute approximate surface area is 145 Å². The summed E-state index contributed by atoms with van der Waals surface area (Å²) >= 11 is 1.71. The average molecular weight is 339 g/mol. The molecule has 0 saturated heterocycles. The van der Waals surface area contributed by atoms with Crippen molar-refractivity contribution >= 4 is 35.2 Å². The Morgan fingerprint density at radius 2 is 1.88 bits per heavy atom. The highest BCUT2D eigenvalue weighted by atomic mass is 32.2. The summed E-state index contributed by atoms with van der Waals surface area (Å²) in [6, 6.07) is 13.2. The van der Waals surface area contributed by atoms with Gasteiger partial charge in [0.2, 0.25) is 0 Å². The van der Waals surface area contributed by atoms with Crippen molar-refractivity contribution in [2.45, 2.75) is 18.2 Å². The Hall–Kier alpha value is -2.33. The third-order valence-electron chi connectivity index (χ3n) is 4.26. The molecule has 3 rings (SSSR count). The number of hydrogen-bond acceptors (Lipinski definition) is 3. The zero-order chi connectivity index (χ0) is 17.1. The number of halogens is 1. The first-order valence-corrected chi connectivity index (χ1v) is 8.88. The fourth-order valence-electron chi connectivity index (χ4n) is 3.02. The second-order valence-electron chi connectivity index (χ2n) is 5.63. The van der Waals surface area contributed by atoms with Crippen LogP contribution in [-0.2, 0) is 0 Å². The molecule has 4 heteroatoms. The number of hydrogen-bond donors (Lipinski definition) is 1. The van der Waals surface area contributed by atoms with E-state index in [1.54, 1.807) is 17.8 Å². The molecule has 0 fully saturated rings. The van der Waals surface area contributed by atoms with Gasteiger partial charge in [0.15, 0.2) is 0 Å². The summed E-state index contributed by atoms with van der Waals surface area (Å²) < 4.78 is 13.7. The van der Waals surface area contributed by atoms with Crippen LogP contribution in [0.25, 0.3) is 17.2 Å². The van der Waals surface area contributed by atoms with E-state index in [1.165, 1.54) is 17.2 Å². The van der Waals surface area contributed by atoms with E-state index in [-0.39, 0.29) is 5.82 Å². The molecule has 0 bridgehead atoms. The highest BCUT2D eigenvalue weighted by Crippen LogP contribution is 2.43. The Balaban J connectivity index is 2.09. The number of thioether (sulfide) groups is 1. The first-order valence-electron chi connectivity index (χ1n) is 7.66. The molecule has 0 radical (unpaired) electrons. The van der Waals surface area contributed by atoms with E-state index in [4.69, 9.17) is 5.21 Å². The number of fused-ring (bicyclic) bond motifs is 1. The van der Waals surface area contributed by atoms with E-state index < -0.39 is 0 Å². The van der Waals surface area contributed by atoms with E-state index in [0.29, 0.717) is 6.42 Å². The van der Waals surface area contributed by atoms with Gasteiger partial charge in [0.1, 0.15) is 5.82 Å². The molecule has 2 aromatic carbocycles. The molecule has 1 N–H and O–H groups in total. The van der Waals surface area contributed by atoms with Crippen LogP contribution in [0.4, 0.5) is 4.39 Å². The molecule has 0 aliphatic heterocycles. The largest absolute Gasteiger partial charge is 0.411 e. The van der Waals surface area contributed by atoms with Gasteiger partial charge in [-0.05, 0) is 76.9 Å². The molecule has 24 heavy (non-hydrogen) atoms. The predicted molar refractivity (Wildman–Crippen MR) is 100.0 cm³/mol. The van der Waals surface area contributed by atoms with Crippen LogP contribution in [0.3, 0.4) is 0 Å². The molecule has 1 aliphatic carbocycles. The van der Waals surface area contributed by atoms with Crippen molar-refractivity contribution in [2.24, 2.45) is 5.16 Å². The fraction of sp³-hybridized carbons (Fsp3) is 0.150. The van der Waals surface area contributed by atoms with Gasteiger partial charge in [-0.15, -0.1) is 16.9 Å². The number of allylic oxidation sites excluding steroid dienone is 3. The molecule has 0 atom stereocenters. The first-order chi connectivity index (χ1) is 11.6. The van der Waals surface area contributed by atoms with Gasteiger partial charge in [-0.3, -0.25) is 0 Å². The highest BCUT2D eigenvalue weighted by Gasteiger charge is 2.23. The van der Waals surface area contributed by atoms with Crippen LogP contribution >= 0.6 is 11.8 Å². The fourth-order valence-corrected chi connectivity index (χ4v) is 3.42. The van der Waals surface area contributed by atoms with Crippen molar-refractivity contribution in [3.63, 3.8) is 0 Å². The Morgan fingerprint density at radius 3 is 2.54 bits per heavy atom. The molecule has 0 saturated carbocycles. The lowest BCUT2D eigenvalue weighted by Crippen LogP contribution is -1.88. The van der Waals surface area contributed by atoms with Crippen molar-refractivity contribution in [3.8, 4) is 0 Å². The van der Waals surface area contributed by atoms with Gasteiger partial charge in [0.05, 0.1) is 0 Å². The van der Waals surface area contributed by atoms with Crippen molar-refractivity contribution < 1.29 is 9.60 Å². The number of rotatable bonds is 4. The SMILES string of the molecule is CSc1ccc(C=C2C(C)=C(CC=NO)c3cc(F)ccc32)cc1. The van der Waals surface area contributed by atoms with Crippen LogP contribution in [0.2, 0.25) is 0 Å². The minimum absolute atomic E-state index is 0.259. The minimum atomic E-state index is -0.259. The summed E-state index contributed by atoms with van der Waals surface area (Å²) in [5.74, 6) is -0.259. The maximum atomic E-state index is 13.7. The zero-order valence-corrected chi connectivity index (χ0v) is 14.4. The van der Waals surface area contributed by atoms with Crippen LogP contribution in [0, 0.1) is 5.82 Å². The van der Waals surface area contributed by atoms with Crippen molar-refractivity contribution in [2.75, 3.05) is 6.26 Å². The smallest absolute Gasteiger partial charge is 0.123 e. The third-order valence-corrected chi connectivity index (χ3v) is 5.00. The summed E-state index contributed by atoms with van der Waals surface area (Å²) in [6.07, 6.45) is 6.08. The molecule has 2 nitrogen and oxygen atoms in total. The van der Waals surface area contributed by atoms with Crippen molar-refractivity contribution in [3.05, 3.63) is 70.5 Å². The minimum Gasteiger partial charge on any atom is -0.411 e. The van der Waals surface area contributed by atoms with Crippen LogP contribution in [0.1, 0.15) is 30.0 Å². The molecule has 2 aromatic rings.